The van der Waals surface area contributed by atoms with Crippen LogP contribution < -0.4 is 5.32 Å². The Morgan fingerprint density at radius 1 is 1.48 bits per heavy atom. The summed E-state index contributed by atoms with van der Waals surface area (Å²) in [5.41, 5.74) is 1.09. The Kier molecular flexibility index (Phi) is 4.07. The minimum Gasteiger partial charge on any atom is -0.381 e. The molecule has 0 radical (unpaired) electrons. The first-order valence-electron chi connectivity index (χ1n) is 7.02. The molecule has 0 aromatic carbocycles. The van der Waals surface area contributed by atoms with Crippen LogP contribution in [0.3, 0.4) is 0 Å². The van der Waals surface area contributed by atoms with Crippen molar-refractivity contribution in [3.05, 3.63) is 35.0 Å². The van der Waals surface area contributed by atoms with Gasteiger partial charge in [-0.25, -0.2) is 4.98 Å². The van der Waals surface area contributed by atoms with Crippen molar-refractivity contribution in [1.29, 1.82) is 0 Å². The van der Waals surface area contributed by atoms with Crippen molar-refractivity contribution >= 4 is 17.4 Å². The maximum Gasteiger partial charge on any atom is 0.140 e. The van der Waals surface area contributed by atoms with E-state index in [0.717, 1.165) is 37.0 Å². The van der Waals surface area contributed by atoms with Gasteiger partial charge >= 0.3 is 0 Å². The molecule has 3 rings (SSSR count). The summed E-state index contributed by atoms with van der Waals surface area (Å²) in [4.78, 5) is 4.29. The molecule has 2 aromatic rings. The Morgan fingerprint density at radius 2 is 2.29 bits per heavy atom. The van der Waals surface area contributed by atoms with E-state index in [1.165, 1.54) is 0 Å². The summed E-state index contributed by atoms with van der Waals surface area (Å²) in [6.07, 6.45) is 1.72. The average molecular weight is 308 g/mol. The summed E-state index contributed by atoms with van der Waals surface area (Å²) < 4.78 is 7.31. The van der Waals surface area contributed by atoms with Gasteiger partial charge in [0, 0.05) is 19.5 Å². The lowest BCUT2D eigenvalue weighted by Gasteiger charge is -2.33. The van der Waals surface area contributed by atoms with Gasteiger partial charge in [-0.2, -0.15) is 0 Å². The number of pyridine rings is 1. The van der Waals surface area contributed by atoms with Crippen molar-refractivity contribution in [2.24, 2.45) is 13.0 Å². The summed E-state index contributed by atoms with van der Waals surface area (Å²) in [5.74, 6) is 2.21. The predicted octanol–water partition coefficient (Wildman–Crippen LogP) is 2.07. The minimum atomic E-state index is 0.115. The Labute approximate surface area is 128 Å². The van der Waals surface area contributed by atoms with Crippen LogP contribution in [0.1, 0.15) is 24.2 Å². The molecule has 0 bridgehead atoms. The number of ether oxygens (including phenoxy) is 1. The standard InChI is InChI=1S/C14H18ClN5O/c1-3-16-12-5-9(4-11(15)18-12)13(10-6-21-7-10)14-19-17-8-20(14)2/h4-5,8,10,13H,3,6-7H2,1-2H3,(H,16,18). The van der Waals surface area contributed by atoms with Gasteiger partial charge in [0.1, 0.15) is 23.1 Å². The van der Waals surface area contributed by atoms with Crippen molar-refractivity contribution < 1.29 is 4.74 Å². The number of hydrogen-bond acceptors (Lipinski definition) is 5. The highest BCUT2D eigenvalue weighted by Crippen LogP contribution is 2.36. The van der Waals surface area contributed by atoms with Crippen LogP contribution in [0.4, 0.5) is 5.82 Å². The van der Waals surface area contributed by atoms with E-state index in [0.29, 0.717) is 11.1 Å². The molecule has 2 aromatic heterocycles. The lowest BCUT2D eigenvalue weighted by molar-refractivity contribution is -0.0407. The highest BCUT2D eigenvalue weighted by atomic mass is 35.5. The summed E-state index contributed by atoms with van der Waals surface area (Å²) in [5, 5.41) is 12.0. The number of nitrogens with zero attached hydrogens (tertiary/aromatic N) is 4. The maximum atomic E-state index is 6.17. The van der Waals surface area contributed by atoms with Crippen LogP contribution >= 0.6 is 11.6 Å². The Morgan fingerprint density at radius 3 is 2.86 bits per heavy atom. The molecule has 1 N–H and O–H groups in total. The van der Waals surface area contributed by atoms with E-state index in [4.69, 9.17) is 16.3 Å². The number of nitrogens with one attached hydrogen (secondary N) is 1. The van der Waals surface area contributed by atoms with Gasteiger partial charge in [0.25, 0.3) is 0 Å². The van der Waals surface area contributed by atoms with Gasteiger partial charge < -0.3 is 14.6 Å². The Bertz CT molecular complexity index is 626. The third kappa shape index (κ3) is 2.87. The number of halogens is 1. The predicted molar refractivity (Wildman–Crippen MR) is 80.6 cm³/mol. The van der Waals surface area contributed by atoms with Gasteiger partial charge in [-0.05, 0) is 24.6 Å². The molecule has 0 amide bonds. The van der Waals surface area contributed by atoms with E-state index >= 15 is 0 Å². The molecular formula is C14H18ClN5O. The van der Waals surface area contributed by atoms with E-state index < -0.39 is 0 Å². The van der Waals surface area contributed by atoms with Crippen LogP contribution in [0.15, 0.2) is 18.5 Å². The zero-order valence-corrected chi connectivity index (χ0v) is 12.8. The van der Waals surface area contributed by atoms with Gasteiger partial charge in [0.2, 0.25) is 0 Å². The van der Waals surface area contributed by atoms with E-state index in [-0.39, 0.29) is 5.92 Å². The lowest BCUT2D eigenvalue weighted by atomic mass is 9.84. The minimum absolute atomic E-state index is 0.115. The highest BCUT2D eigenvalue weighted by Gasteiger charge is 2.34. The van der Waals surface area contributed by atoms with Crippen LogP contribution in [-0.2, 0) is 11.8 Å². The van der Waals surface area contributed by atoms with Gasteiger partial charge in [-0.3, -0.25) is 0 Å². The molecule has 1 aliphatic rings. The summed E-state index contributed by atoms with van der Waals surface area (Å²) in [6, 6.07) is 3.94. The first-order valence-corrected chi connectivity index (χ1v) is 7.39. The summed E-state index contributed by atoms with van der Waals surface area (Å²) >= 11 is 6.17. The molecule has 1 saturated heterocycles. The van der Waals surface area contributed by atoms with Crippen molar-refractivity contribution in [2.45, 2.75) is 12.8 Å². The van der Waals surface area contributed by atoms with Crippen LogP contribution in [0, 0.1) is 5.92 Å². The average Bonchev–Trinajstić information content (AvgIpc) is 2.79. The summed E-state index contributed by atoms with van der Waals surface area (Å²) in [6.45, 7) is 4.29. The van der Waals surface area contributed by atoms with Crippen molar-refractivity contribution in [2.75, 3.05) is 25.1 Å². The molecule has 1 atom stereocenters. The molecule has 0 saturated carbocycles. The molecule has 1 aliphatic heterocycles. The molecule has 21 heavy (non-hydrogen) atoms. The fourth-order valence-corrected chi connectivity index (χ4v) is 2.84. The SMILES string of the molecule is CCNc1cc(C(c2nncn2C)C2COC2)cc(Cl)n1. The van der Waals surface area contributed by atoms with Gasteiger partial charge in [0.15, 0.2) is 0 Å². The van der Waals surface area contributed by atoms with E-state index in [1.54, 1.807) is 6.33 Å². The molecule has 6 nitrogen and oxygen atoms in total. The van der Waals surface area contributed by atoms with Crippen LogP contribution in [0.2, 0.25) is 5.15 Å². The van der Waals surface area contributed by atoms with E-state index in [9.17, 15) is 0 Å². The molecule has 1 fully saturated rings. The number of aromatic nitrogens is 4. The highest BCUT2D eigenvalue weighted by molar-refractivity contribution is 6.29. The monoisotopic (exact) mass is 307 g/mol. The zero-order chi connectivity index (χ0) is 14.8. The third-order valence-corrected chi connectivity index (χ3v) is 3.89. The Balaban J connectivity index is 2.02. The smallest absolute Gasteiger partial charge is 0.140 e. The fourth-order valence-electron chi connectivity index (χ4n) is 2.62. The number of hydrogen-bond donors (Lipinski definition) is 1. The lowest BCUT2D eigenvalue weighted by Crippen LogP contribution is -2.35. The van der Waals surface area contributed by atoms with Crippen molar-refractivity contribution in [3.63, 3.8) is 0 Å². The molecular weight excluding hydrogens is 290 g/mol. The topological polar surface area (TPSA) is 64.9 Å². The first kappa shape index (κ1) is 14.3. The quantitative estimate of drug-likeness (QED) is 0.857. The molecule has 0 spiro atoms. The van der Waals surface area contributed by atoms with E-state index in [1.807, 2.05) is 30.7 Å². The second kappa shape index (κ2) is 5.99. The first-order chi connectivity index (χ1) is 10.2. The van der Waals surface area contributed by atoms with Crippen molar-refractivity contribution in [3.8, 4) is 0 Å². The summed E-state index contributed by atoms with van der Waals surface area (Å²) in [7, 11) is 1.95. The second-order valence-electron chi connectivity index (χ2n) is 5.21. The molecule has 3 heterocycles. The molecule has 0 aliphatic carbocycles. The van der Waals surface area contributed by atoms with Crippen LogP contribution in [-0.4, -0.2) is 39.5 Å². The van der Waals surface area contributed by atoms with Crippen LogP contribution in [0.5, 0.6) is 0 Å². The third-order valence-electron chi connectivity index (χ3n) is 3.69. The largest absolute Gasteiger partial charge is 0.381 e. The number of aryl methyl sites for hydroxylation is 1. The van der Waals surface area contributed by atoms with Gasteiger partial charge in [-0.1, -0.05) is 11.6 Å². The Hall–Kier alpha value is -1.66. The molecule has 1 unspecified atom stereocenters. The number of anilines is 1. The van der Waals surface area contributed by atoms with Crippen LogP contribution in [0.25, 0.3) is 0 Å². The number of rotatable bonds is 5. The molecule has 7 heteroatoms. The zero-order valence-electron chi connectivity index (χ0n) is 12.1. The fraction of sp³-hybridized carbons (Fsp3) is 0.500. The maximum absolute atomic E-state index is 6.17. The van der Waals surface area contributed by atoms with Gasteiger partial charge in [-0.15, -0.1) is 10.2 Å². The normalized spacial score (nSPS) is 16.5. The van der Waals surface area contributed by atoms with Gasteiger partial charge in [0.05, 0.1) is 19.1 Å². The second-order valence-corrected chi connectivity index (χ2v) is 5.60. The van der Waals surface area contributed by atoms with E-state index in [2.05, 4.69) is 20.5 Å². The molecule has 112 valence electrons. The van der Waals surface area contributed by atoms with Crippen molar-refractivity contribution in [1.82, 2.24) is 19.7 Å².